The minimum absolute atomic E-state index is 0.155. The van der Waals surface area contributed by atoms with Crippen molar-refractivity contribution in [3.63, 3.8) is 0 Å². The number of pyridine rings is 1. The van der Waals surface area contributed by atoms with Gasteiger partial charge in [-0.25, -0.2) is 19.1 Å². The standard InChI is InChI=1S/C22H22N10O/c1-3-4-18-13-32(21-24-14-25-30(21)2)22(33)31(18)12-17-11-23-10-9-19(17)15-5-7-16(8-6-15)20-26-28-29-27-20/h5-11,13-14H,3-4,12H2,1-2H3,(H,26,27,28,29). The second-order valence-corrected chi connectivity index (χ2v) is 7.65. The number of imidazole rings is 1. The van der Waals surface area contributed by atoms with Gasteiger partial charge in [0.1, 0.15) is 6.33 Å². The van der Waals surface area contributed by atoms with Crippen LogP contribution in [0.3, 0.4) is 0 Å². The van der Waals surface area contributed by atoms with Gasteiger partial charge in [-0.3, -0.25) is 9.55 Å². The molecule has 0 atom stereocenters. The van der Waals surface area contributed by atoms with Crippen LogP contribution in [0.1, 0.15) is 24.6 Å². The fourth-order valence-corrected chi connectivity index (χ4v) is 3.90. The van der Waals surface area contributed by atoms with Crippen LogP contribution >= 0.6 is 0 Å². The molecule has 1 N–H and O–H groups in total. The molecule has 0 aliphatic heterocycles. The number of aromatic nitrogens is 10. The number of aromatic amines is 1. The maximum Gasteiger partial charge on any atom is 0.335 e. The summed E-state index contributed by atoms with van der Waals surface area (Å²) in [4.78, 5) is 21.9. The number of nitrogens with zero attached hydrogens (tertiary/aromatic N) is 9. The van der Waals surface area contributed by atoms with Crippen molar-refractivity contribution in [1.82, 2.24) is 49.5 Å². The number of benzene rings is 1. The number of rotatable bonds is 7. The number of aryl methyl sites for hydroxylation is 2. The molecular formula is C22H22N10O. The largest absolute Gasteiger partial charge is 0.335 e. The van der Waals surface area contributed by atoms with Crippen LogP contribution in [-0.4, -0.2) is 49.5 Å². The highest BCUT2D eigenvalue weighted by Crippen LogP contribution is 2.26. The molecule has 5 aromatic rings. The number of hydrogen-bond acceptors (Lipinski definition) is 7. The summed E-state index contributed by atoms with van der Waals surface area (Å²) in [6, 6.07) is 9.90. The molecule has 0 saturated heterocycles. The van der Waals surface area contributed by atoms with Crippen LogP contribution in [0, 0.1) is 0 Å². The maximum atomic E-state index is 13.3. The van der Waals surface area contributed by atoms with Crippen molar-refractivity contribution in [1.29, 1.82) is 0 Å². The Hall–Kier alpha value is -4.41. The first-order valence-electron chi connectivity index (χ1n) is 10.6. The molecule has 0 radical (unpaired) electrons. The molecule has 4 heterocycles. The predicted octanol–water partition coefficient (Wildman–Crippen LogP) is 2.01. The van der Waals surface area contributed by atoms with Gasteiger partial charge in [0, 0.05) is 36.9 Å². The molecule has 0 spiro atoms. The van der Waals surface area contributed by atoms with Crippen molar-refractivity contribution in [2.45, 2.75) is 26.3 Å². The highest BCUT2D eigenvalue weighted by atomic mass is 16.2. The van der Waals surface area contributed by atoms with Crippen molar-refractivity contribution >= 4 is 0 Å². The van der Waals surface area contributed by atoms with E-state index in [1.807, 2.05) is 42.7 Å². The topological polar surface area (TPSA) is 125 Å². The average molecular weight is 442 g/mol. The van der Waals surface area contributed by atoms with E-state index in [9.17, 15) is 4.79 Å². The van der Waals surface area contributed by atoms with Crippen molar-refractivity contribution in [3.8, 4) is 28.5 Å². The fourth-order valence-electron chi connectivity index (χ4n) is 3.90. The molecule has 4 aromatic heterocycles. The first kappa shape index (κ1) is 20.5. The summed E-state index contributed by atoms with van der Waals surface area (Å²) in [5, 5.41) is 18.1. The maximum absolute atomic E-state index is 13.3. The van der Waals surface area contributed by atoms with Crippen molar-refractivity contribution in [2.75, 3.05) is 0 Å². The Labute approximate surface area is 188 Å². The van der Waals surface area contributed by atoms with Crippen LogP contribution in [0.2, 0.25) is 0 Å². The van der Waals surface area contributed by atoms with Crippen LogP contribution < -0.4 is 5.69 Å². The van der Waals surface area contributed by atoms with E-state index in [4.69, 9.17) is 0 Å². The third-order valence-corrected chi connectivity index (χ3v) is 5.52. The Balaban J connectivity index is 1.53. The van der Waals surface area contributed by atoms with Gasteiger partial charge in [-0.05, 0) is 39.6 Å². The van der Waals surface area contributed by atoms with Gasteiger partial charge in [0.05, 0.1) is 6.54 Å². The second-order valence-electron chi connectivity index (χ2n) is 7.65. The molecule has 0 amide bonds. The average Bonchev–Trinajstić information content (AvgIpc) is 3.58. The predicted molar refractivity (Wildman–Crippen MR) is 121 cm³/mol. The molecule has 11 nitrogen and oxygen atoms in total. The molecule has 33 heavy (non-hydrogen) atoms. The van der Waals surface area contributed by atoms with Crippen LogP contribution in [0.4, 0.5) is 0 Å². The lowest BCUT2D eigenvalue weighted by Gasteiger charge is -2.12. The lowest BCUT2D eigenvalue weighted by molar-refractivity contribution is 0.670. The van der Waals surface area contributed by atoms with Crippen molar-refractivity contribution in [3.05, 3.63) is 77.0 Å². The van der Waals surface area contributed by atoms with E-state index in [1.165, 1.54) is 6.33 Å². The van der Waals surface area contributed by atoms with Gasteiger partial charge in [0.25, 0.3) is 0 Å². The Bertz CT molecular complexity index is 1430. The van der Waals surface area contributed by atoms with Crippen molar-refractivity contribution < 1.29 is 0 Å². The van der Waals surface area contributed by atoms with Crippen molar-refractivity contribution in [2.24, 2.45) is 7.05 Å². The van der Waals surface area contributed by atoms with E-state index in [-0.39, 0.29) is 5.69 Å². The molecule has 11 heteroatoms. The normalized spacial score (nSPS) is 11.2. The van der Waals surface area contributed by atoms with Gasteiger partial charge >= 0.3 is 5.69 Å². The zero-order valence-corrected chi connectivity index (χ0v) is 18.3. The minimum Gasteiger partial charge on any atom is -0.291 e. The Kier molecular flexibility index (Phi) is 5.35. The van der Waals surface area contributed by atoms with Gasteiger partial charge in [-0.2, -0.15) is 10.1 Å². The molecule has 0 unspecified atom stereocenters. The fraction of sp³-hybridized carbons (Fsp3) is 0.227. The Morgan fingerprint density at radius 1 is 1.09 bits per heavy atom. The smallest absolute Gasteiger partial charge is 0.291 e. The number of hydrogen-bond donors (Lipinski definition) is 1. The van der Waals surface area contributed by atoms with E-state index < -0.39 is 0 Å². The molecule has 1 aromatic carbocycles. The zero-order valence-electron chi connectivity index (χ0n) is 18.3. The molecule has 0 bridgehead atoms. The van der Waals surface area contributed by atoms with E-state index >= 15 is 0 Å². The van der Waals surface area contributed by atoms with E-state index in [1.54, 1.807) is 27.1 Å². The van der Waals surface area contributed by atoms with E-state index in [0.29, 0.717) is 18.3 Å². The van der Waals surface area contributed by atoms with Crippen LogP contribution in [0.5, 0.6) is 0 Å². The van der Waals surface area contributed by atoms with Crippen LogP contribution in [0.25, 0.3) is 28.5 Å². The van der Waals surface area contributed by atoms with Gasteiger partial charge in [0.2, 0.25) is 5.95 Å². The Morgan fingerprint density at radius 3 is 2.61 bits per heavy atom. The summed E-state index contributed by atoms with van der Waals surface area (Å²) in [6.07, 6.45) is 8.55. The quantitative estimate of drug-likeness (QED) is 0.409. The number of nitrogens with one attached hydrogen (secondary N) is 1. The summed E-state index contributed by atoms with van der Waals surface area (Å²) in [7, 11) is 1.77. The third-order valence-electron chi connectivity index (χ3n) is 5.52. The lowest BCUT2D eigenvalue weighted by Crippen LogP contribution is -2.26. The summed E-state index contributed by atoms with van der Waals surface area (Å²) in [5.74, 6) is 1.09. The molecule has 0 aliphatic rings. The van der Waals surface area contributed by atoms with Gasteiger partial charge in [0.15, 0.2) is 5.82 Å². The van der Waals surface area contributed by atoms with Gasteiger partial charge in [-0.1, -0.05) is 37.6 Å². The lowest BCUT2D eigenvalue weighted by atomic mass is 10.00. The molecule has 0 aliphatic carbocycles. The molecular weight excluding hydrogens is 420 g/mol. The monoisotopic (exact) mass is 442 g/mol. The van der Waals surface area contributed by atoms with E-state index in [2.05, 4.69) is 42.6 Å². The summed E-state index contributed by atoms with van der Waals surface area (Å²) < 4.78 is 4.92. The van der Waals surface area contributed by atoms with Crippen LogP contribution in [0.15, 0.2) is 60.0 Å². The first-order valence-corrected chi connectivity index (χ1v) is 10.6. The zero-order chi connectivity index (χ0) is 22.8. The molecule has 0 saturated carbocycles. The Morgan fingerprint density at radius 2 is 1.91 bits per heavy atom. The summed E-state index contributed by atoms with van der Waals surface area (Å²) in [5.41, 5.74) is 4.64. The number of H-pyrrole nitrogens is 1. The highest BCUT2D eigenvalue weighted by Gasteiger charge is 2.17. The molecule has 0 fully saturated rings. The number of tetrazole rings is 1. The van der Waals surface area contributed by atoms with E-state index in [0.717, 1.165) is 40.8 Å². The third kappa shape index (κ3) is 3.84. The summed E-state index contributed by atoms with van der Waals surface area (Å²) in [6.45, 7) is 2.49. The SMILES string of the molecule is CCCc1cn(-c2ncnn2C)c(=O)n1Cc1cnccc1-c1ccc(-c2nnn[nH]2)cc1. The minimum atomic E-state index is -0.155. The second kappa shape index (κ2) is 8.61. The van der Waals surface area contributed by atoms with Gasteiger partial charge < -0.3 is 0 Å². The highest BCUT2D eigenvalue weighted by molar-refractivity contribution is 5.69. The first-order chi connectivity index (χ1) is 16.2. The molecule has 5 rings (SSSR count). The summed E-state index contributed by atoms with van der Waals surface area (Å²) >= 11 is 0. The van der Waals surface area contributed by atoms with Gasteiger partial charge in [-0.15, -0.1) is 5.10 Å². The van der Waals surface area contributed by atoms with Crippen LogP contribution in [-0.2, 0) is 20.0 Å². The molecule has 166 valence electrons.